The van der Waals surface area contributed by atoms with Gasteiger partial charge in [0.25, 0.3) is 0 Å². The van der Waals surface area contributed by atoms with Crippen molar-refractivity contribution in [1.82, 2.24) is 5.01 Å². The van der Waals surface area contributed by atoms with E-state index >= 15 is 0 Å². The maximum atomic E-state index is 12.8. The van der Waals surface area contributed by atoms with Crippen molar-refractivity contribution >= 4 is 50.5 Å². The van der Waals surface area contributed by atoms with E-state index in [0.717, 1.165) is 5.56 Å². The van der Waals surface area contributed by atoms with Gasteiger partial charge in [-0.1, -0.05) is 53.5 Å². The fourth-order valence-corrected chi connectivity index (χ4v) is 5.24. The molecule has 0 aromatic heterocycles. The Morgan fingerprint density at radius 3 is 2.18 bits per heavy atom. The van der Waals surface area contributed by atoms with Crippen LogP contribution in [0, 0.1) is 5.92 Å². The highest BCUT2D eigenvalue weighted by Gasteiger charge is 2.32. The first-order valence-electron chi connectivity index (χ1n) is 10.3. The smallest absolute Gasteiger partial charge is 0.306 e. The summed E-state index contributed by atoms with van der Waals surface area (Å²) in [5, 5.41) is 9.80. The van der Waals surface area contributed by atoms with Crippen molar-refractivity contribution in [1.29, 1.82) is 0 Å². The minimum atomic E-state index is -3.46. The number of nitrogens with zero attached hydrogens (tertiary/aromatic N) is 2. The first-order valence-corrected chi connectivity index (χ1v) is 12.7. The molecule has 2 amide bonds. The molecule has 6 nitrogen and oxygen atoms in total. The summed E-state index contributed by atoms with van der Waals surface area (Å²) in [6.45, 7) is 0.266. The molecule has 3 aromatic carbocycles. The molecule has 1 aliphatic rings. The van der Waals surface area contributed by atoms with Crippen molar-refractivity contribution in [2.24, 2.45) is 11.0 Å². The summed E-state index contributed by atoms with van der Waals surface area (Å²) in [6.07, 6.45) is 0.323. The molecule has 33 heavy (non-hydrogen) atoms. The molecule has 0 radical (unpaired) electrons. The number of sulfone groups is 1. The van der Waals surface area contributed by atoms with Crippen LogP contribution in [-0.2, 0) is 9.84 Å². The molecule has 0 fully saturated rings. The number of hydrogen-bond donors (Lipinski definition) is 1. The van der Waals surface area contributed by atoms with Crippen LogP contribution in [0.4, 0.5) is 10.5 Å². The lowest BCUT2D eigenvalue weighted by Crippen LogP contribution is -2.31. The van der Waals surface area contributed by atoms with E-state index < -0.39 is 15.9 Å². The van der Waals surface area contributed by atoms with E-state index in [1.165, 1.54) is 5.01 Å². The Morgan fingerprint density at radius 1 is 0.939 bits per heavy atom. The van der Waals surface area contributed by atoms with Gasteiger partial charge in [-0.15, -0.1) is 0 Å². The number of halogens is 2. The minimum absolute atomic E-state index is 0.0546. The summed E-state index contributed by atoms with van der Waals surface area (Å²) in [7, 11) is -3.46. The Morgan fingerprint density at radius 2 is 1.55 bits per heavy atom. The predicted octanol–water partition coefficient (Wildman–Crippen LogP) is 5.73. The van der Waals surface area contributed by atoms with Crippen molar-refractivity contribution < 1.29 is 13.2 Å². The van der Waals surface area contributed by atoms with Gasteiger partial charge in [-0.05, 0) is 60.5 Å². The van der Waals surface area contributed by atoms with Crippen molar-refractivity contribution in [3.63, 3.8) is 0 Å². The van der Waals surface area contributed by atoms with Crippen LogP contribution in [0.1, 0.15) is 12.0 Å². The summed E-state index contributed by atoms with van der Waals surface area (Å²) in [6, 6.07) is 21.8. The van der Waals surface area contributed by atoms with Crippen molar-refractivity contribution in [2.75, 3.05) is 17.6 Å². The molecule has 1 unspecified atom stereocenters. The second-order valence-electron chi connectivity index (χ2n) is 7.63. The molecule has 9 heteroatoms. The molecular formula is C24H21Cl2N3O3S. The Balaban J connectivity index is 1.53. The van der Waals surface area contributed by atoms with E-state index in [0.29, 0.717) is 27.9 Å². The van der Waals surface area contributed by atoms with Gasteiger partial charge in [0.15, 0.2) is 9.84 Å². The number of carbonyl (C=O) groups is 1. The van der Waals surface area contributed by atoms with Crippen LogP contribution in [-0.4, -0.2) is 37.5 Å². The van der Waals surface area contributed by atoms with Gasteiger partial charge < -0.3 is 5.32 Å². The van der Waals surface area contributed by atoms with Gasteiger partial charge in [-0.3, -0.25) is 0 Å². The number of benzene rings is 3. The van der Waals surface area contributed by atoms with E-state index in [-0.39, 0.29) is 23.1 Å². The molecule has 0 saturated carbocycles. The molecule has 0 bridgehead atoms. The number of urea groups is 1. The number of carbonyl (C=O) groups excluding carboxylic acids is 1. The van der Waals surface area contributed by atoms with Crippen LogP contribution in [0.15, 0.2) is 88.9 Å². The summed E-state index contributed by atoms with van der Waals surface area (Å²) in [5.41, 5.74) is 2.03. The Labute approximate surface area is 202 Å². The highest BCUT2D eigenvalue weighted by Crippen LogP contribution is 2.26. The molecule has 0 aliphatic carbocycles. The molecule has 1 aliphatic heterocycles. The number of amides is 2. The fraction of sp³-hybridized carbons (Fsp3) is 0.167. The van der Waals surface area contributed by atoms with Crippen LogP contribution in [0.5, 0.6) is 0 Å². The molecule has 0 saturated heterocycles. The van der Waals surface area contributed by atoms with Crippen molar-refractivity contribution in [3.8, 4) is 0 Å². The summed E-state index contributed by atoms with van der Waals surface area (Å²) < 4.78 is 25.6. The molecule has 1 atom stereocenters. The van der Waals surface area contributed by atoms with Crippen LogP contribution in [0.3, 0.4) is 0 Å². The van der Waals surface area contributed by atoms with Gasteiger partial charge in [-0.2, -0.15) is 5.10 Å². The van der Waals surface area contributed by atoms with E-state index in [1.807, 2.05) is 12.1 Å². The zero-order valence-corrected chi connectivity index (χ0v) is 19.8. The third kappa shape index (κ3) is 5.74. The van der Waals surface area contributed by atoms with Gasteiger partial charge in [0.2, 0.25) is 0 Å². The standard InChI is InChI=1S/C24H21Cl2N3O3S/c25-19-8-6-17(7-9-19)23-18(14-15-33(31,32)22-4-2-1-3-5-22)16-29(28-23)24(30)27-21-12-10-20(26)11-13-21/h1-13,18H,14-16H2,(H,27,30). The average Bonchev–Trinajstić information content (AvgIpc) is 3.25. The van der Waals surface area contributed by atoms with E-state index in [9.17, 15) is 13.2 Å². The van der Waals surface area contributed by atoms with Crippen molar-refractivity contribution in [2.45, 2.75) is 11.3 Å². The molecule has 170 valence electrons. The van der Waals surface area contributed by atoms with Gasteiger partial charge >= 0.3 is 6.03 Å². The lowest BCUT2D eigenvalue weighted by atomic mass is 9.95. The Bertz CT molecular complexity index is 1260. The number of anilines is 1. The number of hydrogen-bond acceptors (Lipinski definition) is 4. The number of hydrazone groups is 1. The lowest BCUT2D eigenvalue weighted by Gasteiger charge is -2.16. The minimum Gasteiger partial charge on any atom is -0.306 e. The molecule has 0 spiro atoms. The number of rotatable bonds is 6. The summed E-state index contributed by atoms with van der Waals surface area (Å²) >= 11 is 11.9. The third-order valence-electron chi connectivity index (χ3n) is 5.32. The van der Waals surface area contributed by atoms with Crippen LogP contribution in [0.25, 0.3) is 0 Å². The maximum absolute atomic E-state index is 12.8. The second-order valence-corrected chi connectivity index (χ2v) is 10.6. The molecular weight excluding hydrogens is 481 g/mol. The highest BCUT2D eigenvalue weighted by molar-refractivity contribution is 7.91. The second kappa shape index (κ2) is 9.95. The number of nitrogens with one attached hydrogen (secondary N) is 1. The zero-order chi connectivity index (χ0) is 23.4. The van der Waals surface area contributed by atoms with E-state index in [1.54, 1.807) is 66.7 Å². The average molecular weight is 502 g/mol. The largest absolute Gasteiger partial charge is 0.342 e. The zero-order valence-electron chi connectivity index (χ0n) is 17.5. The van der Waals surface area contributed by atoms with Crippen LogP contribution < -0.4 is 5.32 Å². The van der Waals surface area contributed by atoms with Gasteiger partial charge in [0.1, 0.15) is 0 Å². The molecule has 1 heterocycles. The quantitative estimate of drug-likeness (QED) is 0.468. The predicted molar refractivity (Wildman–Crippen MR) is 132 cm³/mol. The molecule has 3 aromatic rings. The van der Waals surface area contributed by atoms with Gasteiger partial charge in [0.05, 0.1) is 22.9 Å². The van der Waals surface area contributed by atoms with Crippen molar-refractivity contribution in [3.05, 3.63) is 94.5 Å². The maximum Gasteiger partial charge on any atom is 0.342 e. The van der Waals surface area contributed by atoms with Crippen LogP contribution >= 0.6 is 23.2 Å². The third-order valence-corrected chi connectivity index (χ3v) is 7.58. The first kappa shape index (κ1) is 23.3. The van der Waals surface area contributed by atoms with Gasteiger partial charge in [0, 0.05) is 21.7 Å². The Hall–Kier alpha value is -2.87. The monoisotopic (exact) mass is 501 g/mol. The Kier molecular flexibility index (Phi) is 7.02. The van der Waals surface area contributed by atoms with Crippen LogP contribution in [0.2, 0.25) is 10.0 Å². The van der Waals surface area contributed by atoms with Gasteiger partial charge in [-0.25, -0.2) is 18.2 Å². The van der Waals surface area contributed by atoms with E-state index in [4.69, 9.17) is 23.2 Å². The van der Waals surface area contributed by atoms with E-state index in [2.05, 4.69) is 10.4 Å². The lowest BCUT2D eigenvalue weighted by molar-refractivity contribution is 0.215. The summed E-state index contributed by atoms with van der Waals surface area (Å²) in [4.78, 5) is 13.1. The SMILES string of the molecule is O=C(Nc1ccc(Cl)cc1)N1CC(CCS(=O)(=O)c2ccccc2)C(c2ccc(Cl)cc2)=N1. The topological polar surface area (TPSA) is 78.8 Å². The normalized spacial score (nSPS) is 15.9. The molecule has 4 rings (SSSR count). The first-order chi connectivity index (χ1) is 15.8. The highest BCUT2D eigenvalue weighted by atomic mass is 35.5. The molecule has 1 N–H and O–H groups in total. The summed E-state index contributed by atoms with van der Waals surface area (Å²) in [5.74, 6) is -0.304. The fourth-order valence-electron chi connectivity index (χ4n) is 3.58.